The Morgan fingerprint density at radius 1 is 1.25 bits per heavy atom. The molecule has 0 spiro atoms. The molecule has 108 valence electrons. The number of benzene rings is 1. The first-order valence-corrected chi connectivity index (χ1v) is 7.40. The molecule has 1 saturated heterocycles. The summed E-state index contributed by atoms with van der Waals surface area (Å²) in [5.41, 5.74) is 0.650. The van der Waals surface area contributed by atoms with Crippen LogP contribution in [0.3, 0.4) is 0 Å². The molecule has 1 aromatic carbocycles. The Labute approximate surface area is 126 Å². The minimum Gasteiger partial charge on any atom is -0.478 e. The number of hydrogen-bond donors (Lipinski definition) is 2. The van der Waals surface area contributed by atoms with Gasteiger partial charge in [-0.15, -0.1) is 0 Å². The number of anilines is 1. The van der Waals surface area contributed by atoms with E-state index >= 15 is 0 Å². The van der Waals surface area contributed by atoms with Gasteiger partial charge in [-0.05, 0) is 44.1 Å². The largest absolute Gasteiger partial charge is 0.478 e. The topological polar surface area (TPSA) is 69.6 Å². The van der Waals surface area contributed by atoms with E-state index < -0.39 is 5.97 Å². The number of amides is 1. The van der Waals surface area contributed by atoms with Crippen molar-refractivity contribution in [2.45, 2.75) is 19.3 Å². The van der Waals surface area contributed by atoms with E-state index in [9.17, 15) is 9.59 Å². The van der Waals surface area contributed by atoms with Crippen LogP contribution in [-0.2, 0) is 4.79 Å². The first kappa shape index (κ1) is 15.0. The average molecular weight is 341 g/mol. The zero-order valence-corrected chi connectivity index (χ0v) is 12.6. The molecule has 0 atom stereocenters. The van der Waals surface area contributed by atoms with E-state index in [4.69, 9.17) is 5.11 Å². The number of aromatic carboxylic acids is 1. The molecule has 1 aliphatic heterocycles. The van der Waals surface area contributed by atoms with Crippen LogP contribution in [0.2, 0.25) is 0 Å². The minimum absolute atomic E-state index is 0.0914. The SMILES string of the molecule is O=C(CCN1CCCC1)Nc1cc(Br)cc(C(=O)O)c1. The van der Waals surface area contributed by atoms with Gasteiger partial charge in [-0.25, -0.2) is 4.79 Å². The van der Waals surface area contributed by atoms with Crippen LogP contribution in [0.5, 0.6) is 0 Å². The zero-order chi connectivity index (χ0) is 14.5. The van der Waals surface area contributed by atoms with Gasteiger partial charge in [-0.3, -0.25) is 4.79 Å². The molecule has 1 aromatic rings. The van der Waals surface area contributed by atoms with Crippen LogP contribution in [-0.4, -0.2) is 41.5 Å². The third-order valence-electron chi connectivity index (χ3n) is 3.28. The van der Waals surface area contributed by atoms with Gasteiger partial charge in [0.25, 0.3) is 0 Å². The van der Waals surface area contributed by atoms with E-state index in [-0.39, 0.29) is 11.5 Å². The number of carbonyl (C=O) groups is 2. The Balaban J connectivity index is 1.91. The third-order valence-corrected chi connectivity index (χ3v) is 3.74. The van der Waals surface area contributed by atoms with E-state index in [1.165, 1.54) is 25.0 Å². The molecule has 1 amide bonds. The summed E-state index contributed by atoms with van der Waals surface area (Å²) in [6, 6.07) is 4.66. The first-order valence-electron chi connectivity index (χ1n) is 6.61. The standard InChI is InChI=1S/C14H17BrN2O3/c15-11-7-10(14(19)20)8-12(9-11)16-13(18)3-6-17-4-1-2-5-17/h7-9H,1-6H2,(H,16,18)(H,19,20). The molecule has 0 saturated carbocycles. The second-order valence-corrected chi connectivity index (χ2v) is 5.80. The average Bonchev–Trinajstić information content (AvgIpc) is 2.88. The minimum atomic E-state index is -1.01. The Morgan fingerprint density at radius 2 is 1.95 bits per heavy atom. The maximum atomic E-state index is 11.9. The summed E-state index contributed by atoms with van der Waals surface area (Å²) in [7, 11) is 0. The predicted octanol–water partition coefficient (Wildman–Crippen LogP) is 2.57. The lowest BCUT2D eigenvalue weighted by molar-refractivity contribution is -0.116. The lowest BCUT2D eigenvalue weighted by Gasteiger charge is -2.14. The van der Waals surface area contributed by atoms with E-state index in [1.807, 2.05) is 0 Å². The molecular formula is C14H17BrN2O3. The van der Waals surface area contributed by atoms with E-state index in [1.54, 1.807) is 6.07 Å². The van der Waals surface area contributed by atoms with Gasteiger partial charge in [0.05, 0.1) is 5.56 Å². The Morgan fingerprint density at radius 3 is 2.60 bits per heavy atom. The smallest absolute Gasteiger partial charge is 0.335 e. The van der Waals surface area contributed by atoms with Crippen molar-refractivity contribution in [3.05, 3.63) is 28.2 Å². The van der Waals surface area contributed by atoms with Gasteiger partial charge in [-0.2, -0.15) is 0 Å². The van der Waals surface area contributed by atoms with Crippen LogP contribution in [0.4, 0.5) is 5.69 Å². The highest BCUT2D eigenvalue weighted by molar-refractivity contribution is 9.10. The summed E-state index contributed by atoms with van der Waals surface area (Å²) in [4.78, 5) is 25.1. The molecule has 20 heavy (non-hydrogen) atoms. The van der Waals surface area contributed by atoms with Crippen LogP contribution >= 0.6 is 15.9 Å². The van der Waals surface area contributed by atoms with Crippen molar-refractivity contribution in [1.29, 1.82) is 0 Å². The van der Waals surface area contributed by atoms with E-state index in [0.717, 1.165) is 19.6 Å². The molecule has 0 aliphatic carbocycles. The highest BCUT2D eigenvalue weighted by Gasteiger charge is 2.13. The second kappa shape index (κ2) is 6.85. The van der Waals surface area contributed by atoms with Crippen molar-refractivity contribution in [3.8, 4) is 0 Å². The fourth-order valence-corrected chi connectivity index (χ4v) is 2.77. The molecule has 6 heteroatoms. The van der Waals surface area contributed by atoms with Crippen LogP contribution in [0.1, 0.15) is 29.6 Å². The third kappa shape index (κ3) is 4.31. The van der Waals surface area contributed by atoms with Crippen molar-refractivity contribution >= 4 is 33.5 Å². The first-order chi connectivity index (χ1) is 9.54. The molecule has 2 N–H and O–H groups in total. The zero-order valence-electron chi connectivity index (χ0n) is 11.1. The van der Waals surface area contributed by atoms with Crippen molar-refractivity contribution in [2.75, 3.05) is 25.0 Å². The summed E-state index contributed by atoms with van der Waals surface area (Å²) >= 11 is 3.24. The molecule has 1 heterocycles. The van der Waals surface area contributed by atoms with Crippen molar-refractivity contribution in [2.24, 2.45) is 0 Å². The second-order valence-electron chi connectivity index (χ2n) is 4.88. The van der Waals surface area contributed by atoms with Gasteiger partial charge in [-0.1, -0.05) is 15.9 Å². The number of carbonyl (C=O) groups excluding carboxylic acids is 1. The van der Waals surface area contributed by atoms with Crippen molar-refractivity contribution in [3.63, 3.8) is 0 Å². The molecular weight excluding hydrogens is 324 g/mol. The lowest BCUT2D eigenvalue weighted by atomic mass is 10.2. The Hall–Kier alpha value is -1.40. The summed E-state index contributed by atoms with van der Waals surface area (Å²) in [6.07, 6.45) is 2.83. The summed E-state index contributed by atoms with van der Waals surface area (Å²) in [6.45, 7) is 2.88. The van der Waals surface area contributed by atoms with Gasteiger partial charge in [0.2, 0.25) is 5.91 Å². The number of nitrogens with one attached hydrogen (secondary N) is 1. The van der Waals surface area contributed by atoms with Gasteiger partial charge in [0.15, 0.2) is 0 Å². The monoisotopic (exact) mass is 340 g/mol. The predicted molar refractivity (Wildman–Crippen MR) is 80.0 cm³/mol. The molecule has 0 aromatic heterocycles. The summed E-state index contributed by atoms with van der Waals surface area (Å²) in [5, 5.41) is 11.7. The highest BCUT2D eigenvalue weighted by atomic mass is 79.9. The maximum absolute atomic E-state index is 11.9. The molecule has 0 unspecified atom stereocenters. The number of likely N-dealkylation sites (tertiary alicyclic amines) is 1. The number of carboxylic acid groups (broad SMARTS) is 1. The number of carboxylic acids is 1. The highest BCUT2D eigenvalue weighted by Crippen LogP contribution is 2.20. The summed E-state index contributed by atoms with van der Waals surface area (Å²) < 4.78 is 0.632. The fourth-order valence-electron chi connectivity index (χ4n) is 2.27. The quantitative estimate of drug-likeness (QED) is 0.864. The van der Waals surface area contributed by atoms with Gasteiger partial charge in [0.1, 0.15) is 0 Å². The van der Waals surface area contributed by atoms with Crippen LogP contribution in [0.15, 0.2) is 22.7 Å². The van der Waals surface area contributed by atoms with Crippen LogP contribution in [0, 0.1) is 0 Å². The maximum Gasteiger partial charge on any atom is 0.335 e. The number of nitrogens with zero attached hydrogens (tertiary/aromatic N) is 1. The molecule has 0 radical (unpaired) electrons. The fraction of sp³-hybridized carbons (Fsp3) is 0.429. The van der Waals surface area contributed by atoms with Crippen molar-refractivity contribution < 1.29 is 14.7 Å². The van der Waals surface area contributed by atoms with E-state index in [2.05, 4.69) is 26.1 Å². The van der Waals surface area contributed by atoms with Gasteiger partial charge < -0.3 is 15.3 Å². The molecule has 1 fully saturated rings. The van der Waals surface area contributed by atoms with Crippen molar-refractivity contribution in [1.82, 2.24) is 4.90 Å². The Kier molecular flexibility index (Phi) is 5.14. The van der Waals surface area contributed by atoms with Crippen LogP contribution < -0.4 is 5.32 Å². The molecule has 1 aliphatic rings. The molecule has 2 rings (SSSR count). The summed E-state index contributed by atoms with van der Waals surface area (Å²) in [5.74, 6) is -1.11. The number of rotatable bonds is 5. The van der Waals surface area contributed by atoms with Gasteiger partial charge in [0, 0.05) is 23.1 Å². The molecule has 0 bridgehead atoms. The number of halogens is 1. The lowest BCUT2D eigenvalue weighted by Crippen LogP contribution is -2.25. The Bertz CT molecular complexity index is 513. The number of hydrogen-bond acceptors (Lipinski definition) is 3. The normalized spacial score (nSPS) is 15.2. The van der Waals surface area contributed by atoms with Crippen LogP contribution in [0.25, 0.3) is 0 Å². The molecule has 5 nitrogen and oxygen atoms in total. The van der Waals surface area contributed by atoms with E-state index in [0.29, 0.717) is 16.6 Å². The van der Waals surface area contributed by atoms with Gasteiger partial charge >= 0.3 is 5.97 Å².